The van der Waals surface area contributed by atoms with Gasteiger partial charge in [0.15, 0.2) is 5.75 Å². The highest BCUT2D eigenvalue weighted by molar-refractivity contribution is 7.89. The highest BCUT2D eigenvalue weighted by atomic mass is 32.2. The molecule has 0 bridgehead atoms. The Bertz CT molecular complexity index is 1120. The number of nitrogens with one attached hydrogen (secondary N) is 1. The molecule has 0 fully saturated rings. The number of anilines is 1. The second kappa shape index (κ2) is 8.46. The van der Waals surface area contributed by atoms with Crippen LogP contribution < -0.4 is 10.1 Å². The standard InChI is InChI=1S/C22H22N2O4S/c1-16-7-6-8-18(15-16)28-21-10-5-4-9-20(21)23-22(25)17-11-13-19(14-12-17)29(26,27)24(2)3/h4-15H,1-3H3,(H,23,25). The summed E-state index contributed by atoms with van der Waals surface area (Å²) < 4.78 is 31.4. The normalized spacial score (nSPS) is 11.3. The van der Waals surface area contributed by atoms with E-state index in [1.54, 1.807) is 18.2 Å². The third-order valence-corrected chi connectivity index (χ3v) is 6.08. The zero-order valence-corrected chi connectivity index (χ0v) is 17.2. The fraction of sp³-hybridized carbons (Fsp3) is 0.136. The van der Waals surface area contributed by atoms with E-state index in [0.717, 1.165) is 9.87 Å². The lowest BCUT2D eigenvalue weighted by Crippen LogP contribution is -2.22. The number of benzene rings is 3. The molecule has 7 heteroatoms. The second-order valence-corrected chi connectivity index (χ2v) is 8.83. The molecule has 0 heterocycles. The molecule has 1 amide bonds. The minimum atomic E-state index is -3.54. The van der Waals surface area contributed by atoms with Crippen molar-refractivity contribution in [2.24, 2.45) is 0 Å². The van der Waals surface area contributed by atoms with Gasteiger partial charge in [0.2, 0.25) is 10.0 Å². The van der Waals surface area contributed by atoms with E-state index in [-0.39, 0.29) is 10.8 Å². The molecule has 0 spiro atoms. The first-order valence-electron chi connectivity index (χ1n) is 8.95. The van der Waals surface area contributed by atoms with E-state index in [4.69, 9.17) is 4.74 Å². The first-order valence-corrected chi connectivity index (χ1v) is 10.4. The van der Waals surface area contributed by atoms with Gasteiger partial charge in [-0.3, -0.25) is 4.79 Å². The first kappa shape index (κ1) is 20.6. The summed E-state index contributed by atoms with van der Waals surface area (Å²) in [6.07, 6.45) is 0. The number of ether oxygens (including phenoxy) is 1. The summed E-state index contributed by atoms with van der Waals surface area (Å²) in [5.41, 5.74) is 1.92. The van der Waals surface area contributed by atoms with Crippen molar-refractivity contribution in [3.8, 4) is 11.5 Å². The summed E-state index contributed by atoms with van der Waals surface area (Å²) in [5, 5.41) is 2.82. The average molecular weight is 410 g/mol. The number of sulfonamides is 1. The summed E-state index contributed by atoms with van der Waals surface area (Å²) in [5.74, 6) is 0.822. The average Bonchev–Trinajstić information content (AvgIpc) is 2.69. The smallest absolute Gasteiger partial charge is 0.255 e. The van der Waals surface area contributed by atoms with Crippen LogP contribution in [0.25, 0.3) is 0 Å². The van der Waals surface area contributed by atoms with Gasteiger partial charge in [-0.2, -0.15) is 0 Å². The highest BCUT2D eigenvalue weighted by Gasteiger charge is 2.18. The largest absolute Gasteiger partial charge is 0.455 e. The molecule has 29 heavy (non-hydrogen) atoms. The number of rotatable bonds is 6. The van der Waals surface area contributed by atoms with Gasteiger partial charge >= 0.3 is 0 Å². The number of amides is 1. The number of carbonyl (C=O) groups excluding carboxylic acids is 1. The molecule has 0 radical (unpaired) electrons. The molecule has 3 aromatic carbocycles. The highest BCUT2D eigenvalue weighted by Crippen LogP contribution is 2.30. The lowest BCUT2D eigenvalue weighted by atomic mass is 10.2. The van der Waals surface area contributed by atoms with Crippen LogP contribution in [0.15, 0.2) is 77.7 Å². The summed E-state index contributed by atoms with van der Waals surface area (Å²) >= 11 is 0. The molecule has 3 rings (SSSR count). The van der Waals surface area contributed by atoms with Crippen LogP contribution in [0.5, 0.6) is 11.5 Å². The van der Waals surface area contributed by atoms with Crippen molar-refractivity contribution in [1.29, 1.82) is 0 Å². The number of hydrogen-bond donors (Lipinski definition) is 1. The monoisotopic (exact) mass is 410 g/mol. The maximum atomic E-state index is 12.6. The predicted molar refractivity (Wildman–Crippen MR) is 113 cm³/mol. The molecule has 0 saturated heterocycles. The topological polar surface area (TPSA) is 75.7 Å². The summed E-state index contributed by atoms with van der Waals surface area (Å²) in [6, 6.07) is 20.5. The molecular formula is C22H22N2O4S. The van der Waals surface area contributed by atoms with E-state index in [0.29, 0.717) is 22.7 Å². The summed E-state index contributed by atoms with van der Waals surface area (Å²) in [7, 11) is -0.623. The Kier molecular flexibility index (Phi) is 6.00. The van der Waals surface area contributed by atoms with Gasteiger partial charge in [-0.15, -0.1) is 0 Å². The second-order valence-electron chi connectivity index (χ2n) is 6.68. The Morgan fingerprint density at radius 2 is 1.62 bits per heavy atom. The van der Waals surface area contributed by atoms with Gasteiger partial charge in [0.25, 0.3) is 5.91 Å². The van der Waals surface area contributed by atoms with Gasteiger partial charge in [-0.1, -0.05) is 24.3 Å². The molecule has 0 aliphatic rings. The van der Waals surface area contributed by atoms with Crippen molar-refractivity contribution in [2.75, 3.05) is 19.4 Å². The van der Waals surface area contributed by atoms with E-state index in [9.17, 15) is 13.2 Å². The molecule has 3 aromatic rings. The molecule has 6 nitrogen and oxygen atoms in total. The number of aryl methyl sites for hydroxylation is 1. The quantitative estimate of drug-likeness (QED) is 0.658. The Hall–Kier alpha value is -3.16. The van der Waals surface area contributed by atoms with E-state index in [2.05, 4.69) is 5.32 Å². The fourth-order valence-electron chi connectivity index (χ4n) is 2.65. The first-order chi connectivity index (χ1) is 13.8. The summed E-state index contributed by atoms with van der Waals surface area (Å²) in [4.78, 5) is 12.8. The van der Waals surface area contributed by atoms with Crippen LogP contribution in [-0.2, 0) is 10.0 Å². The van der Waals surface area contributed by atoms with Crippen molar-refractivity contribution in [2.45, 2.75) is 11.8 Å². The van der Waals surface area contributed by atoms with Gasteiger partial charge in [0.1, 0.15) is 5.75 Å². The summed E-state index contributed by atoms with van der Waals surface area (Å²) in [6.45, 7) is 1.97. The maximum absolute atomic E-state index is 12.6. The van der Waals surface area contributed by atoms with Gasteiger partial charge in [-0.05, 0) is 61.0 Å². The lowest BCUT2D eigenvalue weighted by molar-refractivity contribution is 0.102. The molecule has 0 aliphatic heterocycles. The lowest BCUT2D eigenvalue weighted by Gasteiger charge is -2.13. The van der Waals surface area contributed by atoms with Crippen LogP contribution in [0.1, 0.15) is 15.9 Å². The van der Waals surface area contributed by atoms with Crippen molar-refractivity contribution in [1.82, 2.24) is 4.31 Å². The van der Waals surface area contributed by atoms with Crippen molar-refractivity contribution < 1.29 is 17.9 Å². The Morgan fingerprint density at radius 1 is 0.931 bits per heavy atom. The van der Waals surface area contributed by atoms with Gasteiger partial charge in [0, 0.05) is 19.7 Å². The number of nitrogens with zero attached hydrogens (tertiary/aromatic N) is 1. The molecule has 0 aliphatic carbocycles. The SMILES string of the molecule is Cc1cccc(Oc2ccccc2NC(=O)c2ccc(S(=O)(=O)N(C)C)cc2)c1. The van der Waals surface area contributed by atoms with E-state index < -0.39 is 10.0 Å². The molecule has 150 valence electrons. The number of hydrogen-bond acceptors (Lipinski definition) is 4. The van der Waals surface area contributed by atoms with Crippen molar-refractivity contribution >= 4 is 21.6 Å². The van der Waals surface area contributed by atoms with Crippen LogP contribution in [0, 0.1) is 6.92 Å². The zero-order chi connectivity index (χ0) is 21.0. The fourth-order valence-corrected chi connectivity index (χ4v) is 3.55. The van der Waals surface area contributed by atoms with Crippen LogP contribution in [0.4, 0.5) is 5.69 Å². The molecule has 0 unspecified atom stereocenters. The van der Waals surface area contributed by atoms with Crippen LogP contribution in [0.2, 0.25) is 0 Å². The Balaban J connectivity index is 1.79. The molecule has 1 N–H and O–H groups in total. The van der Waals surface area contributed by atoms with Crippen LogP contribution in [0.3, 0.4) is 0 Å². The third kappa shape index (κ3) is 4.82. The Morgan fingerprint density at radius 3 is 2.28 bits per heavy atom. The molecule has 0 aromatic heterocycles. The van der Waals surface area contributed by atoms with Gasteiger partial charge in [-0.25, -0.2) is 12.7 Å². The number of carbonyl (C=O) groups is 1. The minimum absolute atomic E-state index is 0.127. The van der Waals surface area contributed by atoms with E-state index >= 15 is 0 Å². The molecule has 0 saturated carbocycles. The van der Waals surface area contributed by atoms with Crippen LogP contribution >= 0.6 is 0 Å². The number of para-hydroxylation sites is 2. The van der Waals surface area contributed by atoms with Crippen molar-refractivity contribution in [3.05, 3.63) is 83.9 Å². The zero-order valence-electron chi connectivity index (χ0n) is 16.4. The van der Waals surface area contributed by atoms with Gasteiger partial charge in [0.05, 0.1) is 10.6 Å². The van der Waals surface area contributed by atoms with Crippen molar-refractivity contribution in [3.63, 3.8) is 0 Å². The van der Waals surface area contributed by atoms with E-state index in [1.165, 1.54) is 38.4 Å². The minimum Gasteiger partial charge on any atom is -0.455 e. The van der Waals surface area contributed by atoms with Gasteiger partial charge < -0.3 is 10.1 Å². The predicted octanol–water partition coefficient (Wildman–Crippen LogP) is 4.29. The Labute approximate surface area is 170 Å². The maximum Gasteiger partial charge on any atom is 0.255 e. The van der Waals surface area contributed by atoms with Crippen LogP contribution in [-0.4, -0.2) is 32.7 Å². The van der Waals surface area contributed by atoms with E-state index in [1.807, 2.05) is 37.3 Å². The molecule has 0 atom stereocenters. The molecular weight excluding hydrogens is 388 g/mol. The third-order valence-electron chi connectivity index (χ3n) is 4.25.